The van der Waals surface area contributed by atoms with Gasteiger partial charge in [0.05, 0.1) is 12.2 Å². The van der Waals surface area contributed by atoms with E-state index in [2.05, 4.69) is 20.8 Å². The van der Waals surface area contributed by atoms with E-state index >= 15 is 0 Å². The number of unbranched alkanes of at least 4 members (excludes halogenated alkanes) is 3. The molecule has 0 aromatic carbocycles. The summed E-state index contributed by atoms with van der Waals surface area (Å²) in [5.74, 6) is 0. The van der Waals surface area contributed by atoms with Gasteiger partial charge in [0.25, 0.3) is 0 Å². The van der Waals surface area contributed by atoms with Gasteiger partial charge in [-0.3, -0.25) is 0 Å². The molecule has 0 amide bonds. The lowest BCUT2D eigenvalue weighted by Crippen LogP contribution is -2.24. The highest BCUT2D eigenvalue weighted by molar-refractivity contribution is 4.66. The van der Waals surface area contributed by atoms with Crippen LogP contribution in [0.25, 0.3) is 0 Å². The Morgan fingerprint density at radius 1 is 1.07 bits per heavy atom. The van der Waals surface area contributed by atoms with Crippen LogP contribution in [-0.4, -0.2) is 18.8 Å². The van der Waals surface area contributed by atoms with Gasteiger partial charge in [-0.05, 0) is 33.1 Å². The Hall–Kier alpha value is -0.0800. The van der Waals surface area contributed by atoms with Gasteiger partial charge in [-0.25, -0.2) is 5.11 Å². The lowest BCUT2D eigenvalue weighted by atomic mass is 10.0. The average Bonchev–Trinajstić information content (AvgIpc) is 2.11. The normalized spacial score (nSPS) is 12.0. The summed E-state index contributed by atoms with van der Waals surface area (Å²) in [6.45, 7) is 7.38. The standard InChI is InChI=1S/C12H25O2/c1-4-9-12(2,3)14-11-8-6-5-7-10-13/h4-11H2,1-3H3. The van der Waals surface area contributed by atoms with E-state index < -0.39 is 0 Å². The number of ether oxygens (including phenoxy) is 1. The fourth-order valence-electron chi connectivity index (χ4n) is 1.58. The fourth-order valence-corrected chi connectivity index (χ4v) is 1.58. The van der Waals surface area contributed by atoms with Crippen LogP contribution >= 0.6 is 0 Å². The van der Waals surface area contributed by atoms with Gasteiger partial charge < -0.3 is 4.74 Å². The number of hydrogen-bond donors (Lipinski definition) is 0. The molecule has 1 radical (unpaired) electrons. The van der Waals surface area contributed by atoms with Gasteiger partial charge in [0, 0.05) is 6.61 Å². The molecular formula is C12H25O2. The first kappa shape index (κ1) is 13.9. The highest BCUT2D eigenvalue weighted by Crippen LogP contribution is 2.17. The van der Waals surface area contributed by atoms with Crippen LogP contribution < -0.4 is 0 Å². The molecule has 0 rings (SSSR count). The molecule has 0 bridgehead atoms. The second-order valence-corrected chi connectivity index (χ2v) is 4.48. The molecular weight excluding hydrogens is 176 g/mol. The predicted molar refractivity (Wildman–Crippen MR) is 59.0 cm³/mol. The summed E-state index contributed by atoms with van der Waals surface area (Å²) < 4.78 is 5.77. The summed E-state index contributed by atoms with van der Waals surface area (Å²) in [6.07, 6.45) is 6.38. The lowest BCUT2D eigenvalue weighted by molar-refractivity contribution is -0.0255. The van der Waals surface area contributed by atoms with Gasteiger partial charge in [-0.15, -0.1) is 0 Å². The van der Waals surface area contributed by atoms with Crippen molar-refractivity contribution in [1.82, 2.24) is 0 Å². The Morgan fingerprint density at radius 3 is 2.29 bits per heavy atom. The molecule has 2 nitrogen and oxygen atoms in total. The third kappa shape index (κ3) is 8.52. The smallest absolute Gasteiger partial charge is 0.0822 e. The minimum absolute atomic E-state index is 0.0350. The minimum atomic E-state index is 0.0350. The molecule has 0 saturated heterocycles. The second-order valence-electron chi connectivity index (χ2n) is 4.48. The maximum atomic E-state index is 10.2. The van der Waals surface area contributed by atoms with Crippen molar-refractivity contribution in [2.24, 2.45) is 0 Å². The Bertz CT molecular complexity index is 121. The van der Waals surface area contributed by atoms with Crippen LogP contribution in [0.2, 0.25) is 0 Å². The molecule has 0 aromatic heterocycles. The first-order valence-electron chi connectivity index (χ1n) is 5.84. The van der Waals surface area contributed by atoms with Crippen LogP contribution in [0.15, 0.2) is 0 Å². The van der Waals surface area contributed by atoms with Crippen LogP contribution in [0.1, 0.15) is 59.3 Å². The minimum Gasteiger partial charge on any atom is -0.376 e. The quantitative estimate of drug-likeness (QED) is 0.524. The van der Waals surface area contributed by atoms with Gasteiger partial charge in [-0.1, -0.05) is 26.2 Å². The van der Waals surface area contributed by atoms with Crippen molar-refractivity contribution in [2.75, 3.05) is 13.2 Å². The van der Waals surface area contributed by atoms with Crippen LogP contribution in [0.3, 0.4) is 0 Å². The monoisotopic (exact) mass is 201 g/mol. The van der Waals surface area contributed by atoms with E-state index in [0.717, 1.165) is 38.7 Å². The van der Waals surface area contributed by atoms with Crippen molar-refractivity contribution >= 4 is 0 Å². The van der Waals surface area contributed by atoms with E-state index in [4.69, 9.17) is 4.74 Å². The van der Waals surface area contributed by atoms with Gasteiger partial charge >= 0.3 is 0 Å². The van der Waals surface area contributed by atoms with E-state index in [-0.39, 0.29) is 12.2 Å². The summed E-state index contributed by atoms with van der Waals surface area (Å²) in [4.78, 5) is 0. The molecule has 0 atom stereocenters. The molecule has 0 aliphatic rings. The van der Waals surface area contributed by atoms with Gasteiger partial charge in [0.15, 0.2) is 0 Å². The Kier molecular flexibility index (Phi) is 8.20. The van der Waals surface area contributed by atoms with Crippen molar-refractivity contribution in [1.29, 1.82) is 0 Å². The molecule has 0 spiro atoms. The molecule has 0 aliphatic carbocycles. The maximum absolute atomic E-state index is 10.2. The lowest BCUT2D eigenvalue weighted by Gasteiger charge is -2.24. The third-order valence-corrected chi connectivity index (χ3v) is 2.38. The molecule has 0 heterocycles. The highest BCUT2D eigenvalue weighted by atomic mass is 16.5. The van der Waals surface area contributed by atoms with Crippen LogP contribution in [-0.2, 0) is 9.84 Å². The van der Waals surface area contributed by atoms with Gasteiger partial charge in [0.2, 0.25) is 0 Å². The second kappa shape index (κ2) is 8.25. The summed E-state index contributed by atoms with van der Waals surface area (Å²) >= 11 is 0. The molecule has 0 unspecified atom stereocenters. The number of hydrogen-bond acceptors (Lipinski definition) is 1. The van der Waals surface area contributed by atoms with Crippen LogP contribution in [0, 0.1) is 0 Å². The van der Waals surface area contributed by atoms with Gasteiger partial charge in [0.1, 0.15) is 0 Å². The maximum Gasteiger partial charge on any atom is 0.0822 e. The topological polar surface area (TPSA) is 29.1 Å². The Balaban J connectivity index is 3.26. The Morgan fingerprint density at radius 2 is 1.71 bits per heavy atom. The highest BCUT2D eigenvalue weighted by Gasteiger charge is 2.15. The summed E-state index contributed by atoms with van der Waals surface area (Å²) in [7, 11) is 0. The Labute approximate surface area is 88.7 Å². The fraction of sp³-hybridized carbons (Fsp3) is 1.00. The van der Waals surface area contributed by atoms with E-state index in [1.54, 1.807) is 0 Å². The molecule has 0 aliphatic heterocycles. The summed E-state index contributed by atoms with van der Waals surface area (Å²) in [5, 5.41) is 10.2. The van der Waals surface area contributed by atoms with Crippen LogP contribution in [0.4, 0.5) is 0 Å². The van der Waals surface area contributed by atoms with Crippen molar-refractivity contribution < 1.29 is 9.84 Å². The molecule has 0 fully saturated rings. The number of rotatable bonds is 9. The first-order chi connectivity index (χ1) is 6.62. The predicted octanol–water partition coefficient (Wildman–Crippen LogP) is 3.57. The van der Waals surface area contributed by atoms with Crippen molar-refractivity contribution in [3.63, 3.8) is 0 Å². The first-order valence-corrected chi connectivity index (χ1v) is 5.84. The zero-order valence-electron chi connectivity index (χ0n) is 9.97. The molecule has 85 valence electrons. The third-order valence-electron chi connectivity index (χ3n) is 2.38. The molecule has 0 N–H and O–H groups in total. The zero-order chi connectivity index (χ0) is 10.9. The van der Waals surface area contributed by atoms with Crippen molar-refractivity contribution in [2.45, 2.75) is 64.9 Å². The van der Waals surface area contributed by atoms with E-state index in [1.807, 2.05) is 0 Å². The van der Waals surface area contributed by atoms with Crippen LogP contribution in [0.5, 0.6) is 0 Å². The molecule has 2 heteroatoms. The largest absolute Gasteiger partial charge is 0.376 e. The SMILES string of the molecule is CCCC(C)(C)OCCCCCC[O]. The van der Waals surface area contributed by atoms with E-state index in [1.165, 1.54) is 6.42 Å². The molecule has 14 heavy (non-hydrogen) atoms. The average molecular weight is 201 g/mol. The molecule has 0 saturated carbocycles. The van der Waals surface area contributed by atoms with E-state index in [9.17, 15) is 5.11 Å². The summed E-state index contributed by atoms with van der Waals surface area (Å²) in [5.41, 5.74) is 0.0350. The molecule has 0 aromatic rings. The van der Waals surface area contributed by atoms with E-state index in [0.29, 0.717) is 0 Å². The summed E-state index contributed by atoms with van der Waals surface area (Å²) in [6, 6.07) is 0. The van der Waals surface area contributed by atoms with Crippen molar-refractivity contribution in [3.05, 3.63) is 0 Å². The van der Waals surface area contributed by atoms with Gasteiger partial charge in [-0.2, -0.15) is 0 Å². The zero-order valence-corrected chi connectivity index (χ0v) is 9.97. The van der Waals surface area contributed by atoms with Crippen molar-refractivity contribution in [3.8, 4) is 0 Å².